The molecular weight excluding hydrogens is 376 g/mol. The highest BCUT2D eigenvalue weighted by molar-refractivity contribution is 7.89. The van der Waals surface area contributed by atoms with Crippen LogP contribution in [0, 0.1) is 0 Å². The fraction of sp³-hybridized carbons (Fsp3) is 0.381. The van der Waals surface area contributed by atoms with Crippen LogP contribution in [-0.2, 0) is 10.0 Å². The Morgan fingerprint density at radius 1 is 1.14 bits per heavy atom. The zero-order valence-corrected chi connectivity index (χ0v) is 17.0. The van der Waals surface area contributed by atoms with E-state index in [1.54, 1.807) is 36.2 Å². The number of benzene rings is 2. The maximum Gasteiger partial charge on any atom is 0.254 e. The maximum atomic E-state index is 13.0. The second kappa shape index (κ2) is 8.32. The van der Waals surface area contributed by atoms with Crippen LogP contribution in [-0.4, -0.2) is 32.4 Å². The van der Waals surface area contributed by atoms with Gasteiger partial charge in [-0.1, -0.05) is 18.2 Å². The Hall–Kier alpha value is -2.38. The van der Waals surface area contributed by atoms with Crippen molar-refractivity contribution in [3.8, 4) is 5.75 Å². The van der Waals surface area contributed by atoms with Crippen molar-refractivity contribution >= 4 is 15.9 Å². The average Bonchev–Trinajstić information content (AvgIpc) is 3.19. The van der Waals surface area contributed by atoms with E-state index < -0.39 is 10.0 Å². The number of amides is 1. The lowest BCUT2D eigenvalue weighted by molar-refractivity contribution is 0.0741. The van der Waals surface area contributed by atoms with Crippen LogP contribution in [0.1, 0.15) is 54.6 Å². The molecule has 0 spiro atoms. The highest BCUT2D eigenvalue weighted by Gasteiger charge is 2.22. The molecule has 3 rings (SSSR count). The van der Waals surface area contributed by atoms with Crippen molar-refractivity contribution in [2.45, 2.75) is 49.6 Å². The lowest BCUT2D eigenvalue weighted by atomic mass is 10.1. The third kappa shape index (κ3) is 4.72. The number of hydrogen-bond acceptors (Lipinski definition) is 4. The molecule has 1 aliphatic rings. The maximum absolute atomic E-state index is 13.0. The van der Waals surface area contributed by atoms with Crippen molar-refractivity contribution in [2.75, 3.05) is 7.05 Å². The van der Waals surface area contributed by atoms with E-state index in [1.807, 2.05) is 19.1 Å². The van der Waals surface area contributed by atoms with Crippen molar-refractivity contribution in [1.82, 2.24) is 4.90 Å². The third-order valence-corrected chi connectivity index (χ3v) is 6.17. The van der Waals surface area contributed by atoms with E-state index in [-0.39, 0.29) is 22.9 Å². The predicted molar refractivity (Wildman–Crippen MR) is 108 cm³/mol. The van der Waals surface area contributed by atoms with Gasteiger partial charge in [-0.3, -0.25) is 4.79 Å². The molecule has 1 saturated carbocycles. The molecule has 0 aromatic heterocycles. The summed E-state index contributed by atoms with van der Waals surface area (Å²) in [6, 6.07) is 13.2. The van der Waals surface area contributed by atoms with Crippen molar-refractivity contribution < 1.29 is 17.9 Å². The van der Waals surface area contributed by atoms with Gasteiger partial charge in [0.25, 0.3) is 5.91 Å². The zero-order chi connectivity index (χ0) is 20.3. The summed E-state index contributed by atoms with van der Waals surface area (Å²) in [4.78, 5) is 14.6. The van der Waals surface area contributed by atoms with Crippen LogP contribution in [0.2, 0.25) is 0 Å². The van der Waals surface area contributed by atoms with Crippen LogP contribution in [0.3, 0.4) is 0 Å². The molecule has 0 radical (unpaired) electrons. The Kier molecular flexibility index (Phi) is 6.05. The smallest absolute Gasteiger partial charge is 0.254 e. The minimum Gasteiger partial charge on any atom is -0.490 e. The molecule has 1 aliphatic carbocycles. The monoisotopic (exact) mass is 402 g/mol. The second-order valence-corrected chi connectivity index (χ2v) is 8.82. The minimum absolute atomic E-state index is 0.0321. The summed E-state index contributed by atoms with van der Waals surface area (Å²) in [5.41, 5.74) is 1.23. The van der Waals surface area contributed by atoms with Crippen LogP contribution in [0.15, 0.2) is 53.4 Å². The summed E-state index contributed by atoms with van der Waals surface area (Å²) >= 11 is 0. The molecule has 0 heterocycles. The molecule has 2 aromatic carbocycles. The Morgan fingerprint density at radius 2 is 1.82 bits per heavy atom. The number of sulfonamides is 1. The number of carbonyl (C=O) groups excluding carboxylic acids is 1. The van der Waals surface area contributed by atoms with Crippen LogP contribution >= 0.6 is 0 Å². The quantitative estimate of drug-likeness (QED) is 0.801. The normalized spacial score (nSPS) is 16.0. The number of hydrogen-bond donors (Lipinski definition) is 1. The van der Waals surface area contributed by atoms with Crippen LogP contribution in [0.4, 0.5) is 0 Å². The van der Waals surface area contributed by atoms with Gasteiger partial charge in [0.1, 0.15) is 5.75 Å². The van der Waals surface area contributed by atoms with E-state index in [0.29, 0.717) is 16.9 Å². The fourth-order valence-electron chi connectivity index (χ4n) is 3.46. The number of nitrogens with zero attached hydrogens (tertiary/aromatic N) is 1. The SMILES string of the molecule is CC(c1cccc(S(N)(=O)=O)c1)N(C)C(=O)c1cccc(OC2CCCC2)c1. The van der Waals surface area contributed by atoms with E-state index >= 15 is 0 Å². The van der Waals surface area contributed by atoms with Gasteiger partial charge >= 0.3 is 0 Å². The van der Waals surface area contributed by atoms with Crippen LogP contribution in [0.25, 0.3) is 0 Å². The number of primary sulfonamides is 1. The largest absolute Gasteiger partial charge is 0.490 e. The lowest BCUT2D eigenvalue weighted by Crippen LogP contribution is -2.30. The number of carbonyl (C=O) groups is 1. The third-order valence-electron chi connectivity index (χ3n) is 5.26. The van der Waals surface area contributed by atoms with Gasteiger partial charge in [0.05, 0.1) is 17.0 Å². The van der Waals surface area contributed by atoms with Crippen LogP contribution in [0.5, 0.6) is 5.75 Å². The molecule has 7 heteroatoms. The van der Waals surface area contributed by atoms with Crippen molar-refractivity contribution in [1.29, 1.82) is 0 Å². The number of ether oxygens (including phenoxy) is 1. The summed E-state index contributed by atoms with van der Waals surface area (Å²) in [6.45, 7) is 1.85. The first kappa shape index (κ1) is 20.4. The molecule has 1 unspecified atom stereocenters. The summed E-state index contributed by atoms with van der Waals surface area (Å²) < 4.78 is 29.2. The predicted octanol–water partition coefficient (Wildman–Crippen LogP) is 3.49. The molecule has 0 aliphatic heterocycles. The van der Waals surface area contributed by atoms with Gasteiger partial charge in [0, 0.05) is 12.6 Å². The molecule has 0 saturated heterocycles. The van der Waals surface area contributed by atoms with E-state index in [0.717, 1.165) is 12.8 Å². The average molecular weight is 403 g/mol. The van der Waals surface area contributed by atoms with Crippen molar-refractivity contribution in [3.05, 3.63) is 59.7 Å². The minimum atomic E-state index is -3.79. The molecular formula is C21H26N2O4S. The number of rotatable bonds is 6. The summed E-state index contributed by atoms with van der Waals surface area (Å²) in [5.74, 6) is 0.542. The zero-order valence-electron chi connectivity index (χ0n) is 16.2. The van der Waals surface area contributed by atoms with Crippen molar-refractivity contribution in [2.24, 2.45) is 5.14 Å². The molecule has 0 bridgehead atoms. The van der Waals surface area contributed by atoms with Crippen molar-refractivity contribution in [3.63, 3.8) is 0 Å². The Morgan fingerprint density at radius 3 is 2.50 bits per heavy atom. The molecule has 1 fully saturated rings. The second-order valence-electron chi connectivity index (χ2n) is 7.26. The highest BCUT2D eigenvalue weighted by atomic mass is 32.2. The van der Waals surface area contributed by atoms with E-state index in [2.05, 4.69) is 0 Å². The van der Waals surface area contributed by atoms with Crippen LogP contribution < -0.4 is 9.88 Å². The first-order chi connectivity index (χ1) is 13.3. The van der Waals surface area contributed by atoms with Gasteiger partial charge in [-0.25, -0.2) is 13.6 Å². The van der Waals surface area contributed by atoms with Gasteiger partial charge in [-0.05, 0) is 68.5 Å². The molecule has 2 aromatic rings. The van der Waals surface area contributed by atoms with Gasteiger partial charge in [-0.2, -0.15) is 0 Å². The molecule has 6 nitrogen and oxygen atoms in total. The summed E-state index contributed by atoms with van der Waals surface area (Å²) in [5, 5.41) is 5.21. The standard InChI is InChI=1S/C21H26N2O4S/c1-15(16-7-6-12-20(14-16)28(22,25)26)23(2)21(24)17-8-5-11-19(13-17)27-18-9-3-4-10-18/h5-8,11-15,18H,3-4,9-10H2,1-2H3,(H2,22,25,26). The molecule has 1 amide bonds. The first-order valence-electron chi connectivity index (χ1n) is 9.42. The van der Waals surface area contributed by atoms with Gasteiger partial charge in [0.15, 0.2) is 0 Å². The summed E-state index contributed by atoms with van der Waals surface area (Å²) in [6.07, 6.45) is 4.69. The van der Waals surface area contributed by atoms with E-state index in [9.17, 15) is 13.2 Å². The Bertz CT molecular complexity index is 952. The van der Waals surface area contributed by atoms with Gasteiger partial charge < -0.3 is 9.64 Å². The van der Waals surface area contributed by atoms with Gasteiger partial charge in [-0.15, -0.1) is 0 Å². The fourth-order valence-corrected chi connectivity index (χ4v) is 4.02. The molecule has 150 valence electrons. The Balaban J connectivity index is 1.76. The molecule has 1 atom stereocenters. The summed E-state index contributed by atoms with van der Waals surface area (Å²) in [7, 11) is -2.10. The topological polar surface area (TPSA) is 89.7 Å². The van der Waals surface area contributed by atoms with Gasteiger partial charge in [0.2, 0.25) is 10.0 Å². The number of nitrogens with two attached hydrogens (primary N) is 1. The van der Waals surface area contributed by atoms with E-state index in [4.69, 9.17) is 9.88 Å². The molecule has 28 heavy (non-hydrogen) atoms. The first-order valence-corrected chi connectivity index (χ1v) is 11.0. The van der Waals surface area contributed by atoms with E-state index in [1.165, 1.54) is 25.0 Å². The Labute approximate surface area is 166 Å². The lowest BCUT2D eigenvalue weighted by Gasteiger charge is -2.26. The molecule has 2 N–H and O–H groups in total. The highest BCUT2D eigenvalue weighted by Crippen LogP contribution is 2.26.